The Labute approximate surface area is 288 Å². The first-order chi connectivity index (χ1) is 24.0. The number of rotatable bonds is 13. The number of nitrogens with zero attached hydrogens (tertiary/aromatic N) is 1. The number of hydrogen-bond acceptors (Lipinski definition) is 9. The monoisotopic (exact) mass is 671 g/mol. The van der Waals surface area contributed by atoms with Crippen LogP contribution in [0.3, 0.4) is 0 Å². The van der Waals surface area contributed by atoms with Gasteiger partial charge >= 0.3 is 11.9 Å². The summed E-state index contributed by atoms with van der Waals surface area (Å²) in [6.07, 6.45) is 5.03. The fraction of sp³-hybridized carbons (Fsp3) is 0.125. The topological polar surface area (TPSA) is 93.2 Å². The van der Waals surface area contributed by atoms with Gasteiger partial charge in [-0.05, 0) is 72.2 Å². The van der Waals surface area contributed by atoms with Crippen LogP contribution in [0.1, 0.15) is 35.4 Å². The van der Waals surface area contributed by atoms with Crippen molar-refractivity contribution in [3.8, 4) is 28.7 Å². The van der Waals surface area contributed by atoms with Gasteiger partial charge in [0.2, 0.25) is 0 Å². The number of hydrogen-bond donors (Lipinski definition) is 0. The van der Waals surface area contributed by atoms with Crippen LogP contribution >= 0.6 is 11.3 Å². The minimum absolute atomic E-state index is 0.218. The van der Waals surface area contributed by atoms with Crippen molar-refractivity contribution in [2.24, 2.45) is 0 Å². The van der Waals surface area contributed by atoms with E-state index in [9.17, 15) is 9.59 Å². The molecule has 0 atom stereocenters. The van der Waals surface area contributed by atoms with Gasteiger partial charge in [0.15, 0.2) is 17.2 Å². The van der Waals surface area contributed by atoms with E-state index < -0.39 is 11.9 Å². The van der Waals surface area contributed by atoms with Crippen LogP contribution in [-0.4, -0.2) is 23.5 Å². The summed E-state index contributed by atoms with van der Waals surface area (Å²) < 4.78 is 30.8. The highest BCUT2D eigenvalue weighted by Gasteiger charge is 2.21. The third kappa shape index (κ3) is 8.51. The Morgan fingerprint density at radius 3 is 1.94 bits per heavy atom. The summed E-state index contributed by atoms with van der Waals surface area (Å²) in [5.41, 5.74) is 3.03. The molecule has 246 valence electrons. The Morgan fingerprint density at radius 1 is 0.755 bits per heavy atom. The van der Waals surface area contributed by atoms with Crippen molar-refractivity contribution < 1.29 is 33.3 Å². The van der Waals surface area contributed by atoms with Crippen molar-refractivity contribution >= 4 is 45.0 Å². The van der Waals surface area contributed by atoms with E-state index in [1.807, 2.05) is 72.8 Å². The standard InChI is InChI=1S/C40H33NO7S/c1-3-44-40(43)33(30-18-20-41-21-19-30)23-38-39(48-32-16-14-31(15-17-32)47-27(2)42)34-22-35(45-25-28-10-6-4-7-11-28)36(24-37(34)49-38)46-26-29-12-8-5-9-13-29/h4-24H,3,25-26H2,1-2H3. The molecule has 6 rings (SSSR count). The predicted molar refractivity (Wildman–Crippen MR) is 190 cm³/mol. The van der Waals surface area contributed by atoms with Crippen LogP contribution in [0.2, 0.25) is 0 Å². The van der Waals surface area contributed by atoms with Crippen LogP contribution in [0.4, 0.5) is 0 Å². The Kier molecular flexibility index (Phi) is 10.6. The largest absolute Gasteiger partial charge is 0.485 e. The lowest BCUT2D eigenvalue weighted by molar-refractivity contribution is -0.136. The number of aromatic nitrogens is 1. The molecule has 2 aromatic heterocycles. The van der Waals surface area contributed by atoms with E-state index in [-0.39, 0.29) is 6.61 Å². The molecule has 49 heavy (non-hydrogen) atoms. The van der Waals surface area contributed by atoms with Crippen LogP contribution in [0.25, 0.3) is 21.7 Å². The quantitative estimate of drug-likeness (QED) is 0.0682. The second-order valence-electron chi connectivity index (χ2n) is 10.8. The minimum Gasteiger partial charge on any atom is -0.485 e. The zero-order chi connectivity index (χ0) is 34.0. The lowest BCUT2D eigenvalue weighted by Gasteiger charge is -2.14. The van der Waals surface area contributed by atoms with Gasteiger partial charge in [-0.3, -0.25) is 9.78 Å². The summed E-state index contributed by atoms with van der Waals surface area (Å²) in [6, 6.07) is 33.9. The molecule has 8 nitrogen and oxygen atoms in total. The number of carbonyl (C=O) groups excluding carboxylic acids is 2. The van der Waals surface area contributed by atoms with Gasteiger partial charge in [-0.25, -0.2) is 4.79 Å². The molecule has 2 heterocycles. The normalized spacial score (nSPS) is 11.2. The fourth-order valence-electron chi connectivity index (χ4n) is 4.99. The molecule has 4 aromatic carbocycles. The maximum Gasteiger partial charge on any atom is 0.338 e. The van der Waals surface area contributed by atoms with E-state index in [1.165, 1.54) is 18.3 Å². The van der Waals surface area contributed by atoms with Gasteiger partial charge in [0.1, 0.15) is 24.7 Å². The number of carbonyl (C=O) groups is 2. The molecule has 0 amide bonds. The van der Waals surface area contributed by atoms with Gasteiger partial charge < -0.3 is 23.7 Å². The number of ether oxygens (including phenoxy) is 5. The van der Waals surface area contributed by atoms with E-state index in [0.29, 0.717) is 58.0 Å². The Balaban J connectivity index is 1.48. The van der Waals surface area contributed by atoms with Crippen molar-refractivity contribution in [1.29, 1.82) is 0 Å². The first-order valence-corrected chi connectivity index (χ1v) is 16.5. The Morgan fingerprint density at radius 2 is 1.35 bits per heavy atom. The number of pyridine rings is 1. The van der Waals surface area contributed by atoms with Crippen molar-refractivity contribution in [2.45, 2.75) is 27.1 Å². The van der Waals surface area contributed by atoms with Crippen molar-refractivity contribution in [3.63, 3.8) is 0 Å². The van der Waals surface area contributed by atoms with Crippen molar-refractivity contribution in [3.05, 3.63) is 143 Å². The maximum absolute atomic E-state index is 13.3. The molecule has 0 saturated heterocycles. The number of thiophene rings is 1. The molecule has 0 saturated carbocycles. The van der Waals surface area contributed by atoms with Crippen molar-refractivity contribution in [2.75, 3.05) is 6.61 Å². The van der Waals surface area contributed by atoms with E-state index >= 15 is 0 Å². The molecule has 0 unspecified atom stereocenters. The molecular weight excluding hydrogens is 639 g/mol. The smallest absolute Gasteiger partial charge is 0.338 e. The molecule has 0 aliphatic heterocycles. The third-order valence-corrected chi connectivity index (χ3v) is 8.36. The second-order valence-corrected chi connectivity index (χ2v) is 11.9. The van der Waals surface area contributed by atoms with Crippen LogP contribution in [-0.2, 0) is 27.5 Å². The lowest BCUT2D eigenvalue weighted by atomic mass is 10.1. The molecule has 0 bridgehead atoms. The fourth-order valence-corrected chi connectivity index (χ4v) is 6.07. The molecule has 6 aromatic rings. The maximum atomic E-state index is 13.3. The van der Waals surface area contributed by atoms with Gasteiger partial charge in [-0.2, -0.15) is 0 Å². The molecule has 0 fully saturated rings. The zero-order valence-corrected chi connectivity index (χ0v) is 27.8. The van der Waals surface area contributed by atoms with Crippen LogP contribution in [0, 0.1) is 0 Å². The average Bonchev–Trinajstić information content (AvgIpc) is 3.45. The third-order valence-electron chi connectivity index (χ3n) is 7.28. The highest BCUT2D eigenvalue weighted by Crippen LogP contribution is 2.47. The van der Waals surface area contributed by atoms with Gasteiger partial charge in [0.25, 0.3) is 0 Å². The van der Waals surface area contributed by atoms with Crippen LogP contribution < -0.4 is 18.9 Å². The number of benzene rings is 4. The van der Waals surface area contributed by atoms with E-state index in [0.717, 1.165) is 21.2 Å². The summed E-state index contributed by atoms with van der Waals surface area (Å²) >= 11 is 1.44. The van der Waals surface area contributed by atoms with E-state index in [1.54, 1.807) is 61.8 Å². The Bertz CT molecular complexity index is 2060. The second kappa shape index (κ2) is 15.8. The highest BCUT2D eigenvalue weighted by molar-refractivity contribution is 7.20. The highest BCUT2D eigenvalue weighted by atomic mass is 32.1. The summed E-state index contributed by atoms with van der Waals surface area (Å²) in [7, 11) is 0. The van der Waals surface area contributed by atoms with E-state index in [4.69, 9.17) is 23.7 Å². The SMILES string of the molecule is CCOC(=O)C(=Cc1sc2cc(OCc3ccccc3)c(OCc3ccccc3)cc2c1Oc1ccc(OC(C)=O)cc1)c1ccncc1. The average molecular weight is 672 g/mol. The van der Waals surface area contributed by atoms with Gasteiger partial charge in [-0.15, -0.1) is 11.3 Å². The molecule has 0 spiro atoms. The molecule has 0 aliphatic rings. The number of esters is 2. The molecule has 9 heteroatoms. The predicted octanol–water partition coefficient (Wildman–Crippen LogP) is 9.28. The van der Waals surface area contributed by atoms with Gasteiger partial charge in [-0.1, -0.05) is 60.7 Å². The summed E-state index contributed by atoms with van der Waals surface area (Å²) in [6.45, 7) is 4.01. The molecule has 0 aliphatic carbocycles. The van der Waals surface area contributed by atoms with Crippen molar-refractivity contribution in [1.82, 2.24) is 4.98 Å². The zero-order valence-electron chi connectivity index (χ0n) is 27.0. The van der Waals surface area contributed by atoms with Crippen LogP contribution in [0.5, 0.6) is 28.7 Å². The summed E-state index contributed by atoms with van der Waals surface area (Å²) in [5, 5.41) is 0.758. The first-order valence-electron chi connectivity index (χ1n) is 15.7. The number of fused-ring (bicyclic) bond motifs is 1. The van der Waals surface area contributed by atoms with Gasteiger partial charge in [0.05, 0.1) is 17.1 Å². The first kappa shape index (κ1) is 33.0. The summed E-state index contributed by atoms with van der Waals surface area (Å²) in [5.74, 6) is 1.63. The van der Waals surface area contributed by atoms with Gasteiger partial charge in [0, 0.05) is 35.5 Å². The van der Waals surface area contributed by atoms with Crippen LogP contribution in [0.15, 0.2) is 122 Å². The molecular formula is C40H33NO7S. The van der Waals surface area contributed by atoms with E-state index in [2.05, 4.69) is 4.98 Å². The summed E-state index contributed by atoms with van der Waals surface area (Å²) in [4.78, 5) is 29.5. The lowest BCUT2D eigenvalue weighted by Crippen LogP contribution is -2.06. The molecule has 0 N–H and O–H groups in total. The molecule has 0 radical (unpaired) electrons. The Hall–Kier alpha value is -5.93. The minimum atomic E-state index is -0.471.